The largest absolute Gasteiger partial charge is 0.334 e. The molecule has 0 fully saturated rings. The third kappa shape index (κ3) is 6.02. The molecule has 2 unspecified atom stereocenters. The Labute approximate surface area is 406 Å². The first-order valence-electron chi connectivity index (χ1n) is 24.3. The maximum Gasteiger partial charge on any atom is 0.0709 e. The van der Waals surface area contributed by atoms with Crippen LogP contribution in [-0.2, 0) is 0 Å². The van der Waals surface area contributed by atoms with Gasteiger partial charge < -0.3 is 4.90 Å². The van der Waals surface area contributed by atoms with Crippen LogP contribution in [0.4, 0.5) is 5.69 Å². The van der Waals surface area contributed by atoms with Crippen LogP contribution in [0.15, 0.2) is 236 Å². The quantitative estimate of drug-likeness (QED) is 0.156. The van der Waals surface area contributed by atoms with Crippen molar-refractivity contribution in [3.63, 3.8) is 0 Å². The molecule has 2 heterocycles. The fourth-order valence-corrected chi connectivity index (χ4v) is 13.7. The van der Waals surface area contributed by atoms with Crippen LogP contribution in [0.3, 0.4) is 0 Å². The highest BCUT2D eigenvalue weighted by molar-refractivity contribution is 7.26. The van der Waals surface area contributed by atoms with Crippen LogP contribution >= 0.6 is 11.3 Å². The summed E-state index contributed by atoms with van der Waals surface area (Å²) in [5.41, 5.74) is 15.3. The predicted octanol–water partition coefficient (Wildman–Crippen LogP) is 18.8. The molecule has 1 aliphatic heterocycles. The zero-order valence-corrected chi connectivity index (χ0v) is 39.4. The number of thiophene rings is 1. The monoisotopic (exact) mass is 897 g/mol. The van der Waals surface area contributed by atoms with Crippen LogP contribution in [-0.4, -0.2) is 5.54 Å². The van der Waals surface area contributed by atoms with E-state index in [4.69, 9.17) is 0 Å². The zero-order chi connectivity index (χ0) is 45.8. The second-order valence-corrected chi connectivity index (χ2v) is 20.4. The van der Waals surface area contributed by atoms with Crippen LogP contribution in [0.5, 0.6) is 0 Å². The molecular formula is C67H47NS. The Kier molecular flexibility index (Phi) is 9.00. The molecule has 0 amide bonds. The molecule has 1 aromatic heterocycles. The van der Waals surface area contributed by atoms with Gasteiger partial charge in [-0.05, 0) is 143 Å². The van der Waals surface area contributed by atoms with Crippen molar-refractivity contribution in [1.82, 2.24) is 0 Å². The highest BCUT2D eigenvalue weighted by Gasteiger charge is 2.47. The van der Waals surface area contributed by atoms with Gasteiger partial charge in [0.15, 0.2) is 0 Å². The van der Waals surface area contributed by atoms with E-state index in [1.807, 2.05) is 11.3 Å². The minimum absolute atomic E-state index is 0.194. The van der Waals surface area contributed by atoms with E-state index in [1.165, 1.54) is 130 Å². The molecule has 69 heavy (non-hydrogen) atoms. The molecule has 0 spiro atoms. The van der Waals surface area contributed by atoms with Gasteiger partial charge in [-0.2, -0.15) is 0 Å². The molecule has 0 N–H and O–H groups in total. The van der Waals surface area contributed by atoms with Gasteiger partial charge in [0, 0.05) is 43.9 Å². The molecule has 3 aliphatic rings. The third-order valence-corrected chi connectivity index (χ3v) is 16.4. The van der Waals surface area contributed by atoms with Crippen LogP contribution in [0, 0.1) is 6.92 Å². The molecule has 0 saturated heterocycles. The summed E-state index contributed by atoms with van der Waals surface area (Å²) >= 11 is 1.92. The summed E-state index contributed by atoms with van der Waals surface area (Å²) in [6, 6.07) is 66.5. The number of anilines is 1. The molecule has 1 nitrogen and oxygen atoms in total. The topological polar surface area (TPSA) is 3.24 Å². The Bertz CT molecular complexity index is 4020. The molecule has 11 aromatic rings. The lowest BCUT2D eigenvalue weighted by atomic mass is 9.79. The first-order valence-corrected chi connectivity index (χ1v) is 25.1. The molecule has 326 valence electrons. The van der Waals surface area contributed by atoms with Crippen LogP contribution in [0.2, 0.25) is 0 Å². The first-order chi connectivity index (χ1) is 34.0. The lowest BCUT2D eigenvalue weighted by Crippen LogP contribution is -2.44. The van der Waals surface area contributed by atoms with E-state index in [0.29, 0.717) is 0 Å². The Hall–Kier alpha value is -8.04. The fourth-order valence-electron chi connectivity index (χ4n) is 12.5. The van der Waals surface area contributed by atoms with Crippen molar-refractivity contribution in [3.8, 4) is 44.5 Å². The van der Waals surface area contributed by atoms with Gasteiger partial charge in [-0.25, -0.2) is 0 Å². The zero-order valence-electron chi connectivity index (χ0n) is 38.6. The number of hydrogen-bond donors (Lipinski definition) is 0. The molecule has 0 radical (unpaired) electrons. The maximum absolute atomic E-state index is 2.59. The molecule has 0 bridgehead atoms. The summed E-state index contributed by atoms with van der Waals surface area (Å²) in [6.45, 7) is 4.66. The standard InChI is InChI=1S/C67H47NS/c1-42-38-57(65-53-30-16-14-28-51(53)62(43-20-6-5-7-21-43)52-29-15-17-31-54(52)65)66-55-35-33-45(41-60(55)69-61(66)39-42)64-49-26-12-10-24-47(49)63(48-25-11-13-27-50(48)64)44-34-36-59-56(40-44)58-32-18-19-37-67(58,2)68(59)46-22-8-3-4-9-23-46/h3-22,24-41,58H,23H2,1-2H3. The SMILES string of the molecule is Cc1cc(-c2c3ccccc3c(-c3ccccc3)c3ccccc23)c2c(c1)sc1cc(-c3c4ccccc4c(-c4ccc5c(c4)C4C=CC=CC4(C)N5C4=CC=CC=CC4)c4ccccc34)ccc12. The van der Waals surface area contributed by atoms with Crippen molar-refractivity contribution in [2.75, 3.05) is 4.90 Å². The van der Waals surface area contributed by atoms with E-state index >= 15 is 0 Å². The van der Waals surface area contributed by atoms with Crippen molar-refractivity contribution in [2.24, 2.45) is 0 Å². The Balaban J connectivity index is 0.960. The Morgan fingerprint density at radius 1 is 0.478 bits per heavy atom. The minimum atomic E-state index is -0.194. The Morgan fingerprint density at radius 3 is 1.68 bits per heavy atom. The van der Waals surface area contributed by atoms with E-state index < -0.39 is 0 Å². The lowest BCUT2D eigenvalue weighted by Gasteiger charge is -2.40. The van der Waals surface area contributed by atoms with Gasteiger partial charge >= 0.3 is 0 Å². The number of fused-ring (bicyclic) bond motifs is 10. The second kappa shape index (κ2) is 15.5. The van der Waals surface area contributed by atoms with Gasteiger partial charge in [0.25, 0.3) is 0 Å². The normalized spacial score (nSPS) is 17.4. The molecule has 0 saturated carbocycles. The lowest BCUT2D eigenvalue weighted by molar-refractivity contribution is 0.524. The number of rotatable bonds is 5. The Morgan fingerprint density at radius 2 is 1.04 bits per heavy atom. The van der Waals surface area contributed by atoms with Crippen molar-refractivity contribution in [2.45, 2.75) is 31.7 Å². The van der Waals surface area contributed by atoms with E-state index in [0.717, 1.165) is 6.42 Å². The van der Waals surface area contributed by atoms with Gasteiger partial charge in [0.05, 0.1) is 5.54 Å². The molecule has 2 atom stereocenters. The third-order valence-electron chi connectivity index (χ3n) is 15.3. The highest BCUT2D eigenvalue weighted by atomic mass is 32.1. The number of nitrogens with zero attached hydrogens (tertiary/aromatic N) is 1. The summed E-state index contributed by atoms with van der Waals surface area (Å²) < 4.78 is 2.62. The van der Waals surface area contributed by atoms with Gasteiger partial charge in [-0.1, -0.05) is 200 Å². The summed E-state index contributed by atoms with van der Waals surface area (Å²) in [7, 11) is 0. The van der Waals surface area contributed by atoms with Crippen LogP contribution in [0.1, 0.15) is 30.4 Å². The average Bonchev–Trinajstić information content (AvgIpc) is 3.73. The number of benzene rings is 10. The number of aryl methyl sites for hydroxylation is 1. The van der Waals surface area contributed by atoms with Gasteiger partial charge in [0.2, 0.25) is 0 Å². The van der Waals surface area contributed by atoms with Crippen molar-refractivity contribution >= 4 is 80.3 Å². The van der Waals surface area contributed by atoms with Crippen LogP contribution < -0.4 is 4.90 Å². The molecule has 2 aliphatic carbocycles. The van der Waals surface area contributed by atoms with Gasteiger partial charge in [-0.15, -0.1) is 11.3 Å². The smallest absolute Gasteiger partial charge is 0.0709 e. The predicted molar refractivity (Wildman–Crippen MR) is 299 cm³/mol. The summed E-state index contributed by atoms with van der Waals surface area (Å²) in [5.74, 6) is 0.231. The van der Waals surface area contributed by atoms with E-state index in [-0.39, 0.29) is 11.5 Å². The number of hydrogen-bond acceptors (Lipinski definition) is 2. The summed E-state index contributed by atoms with van der Waals surface area (Å²) in [6.07, 6.45) is 21.2. The van der Waals surface area contributed by atoms with E-state index in [2.05, 4.69) is 249 Å². The van der Waals surface area contributed by atoms with Crippen molar-refractivity contribution in [3.05, 3.63) is 247 Å². The molecule has 2 heteroatoms. The van der Waals surface area contributed by atoms with Crippen molar-refractivity contribution < 1.29 is 0 Å². The van der Waals surface area contributed by atoms with Gasteiger partial charge in [0.1, 0.15) is 0 Å². The first kappa shape index (κ1) is 40.1. The number of allylic oxidation sites excluding steroid dienone is 7. The summed E-state index contributed by atoms with van der Waals surface area (Å²) in [4.78, 5) is 2.59. The average molecular weight is 898 g/mol. The van der Waals surface area contributed by atoms with Crippen LogP contribution in [0.25, 0.3) is 108 Å². The molecule has 10 aromatic carbocycles. The molecular weight excluding hydrogens is 851 g/mol. The molecule has 14 rings (SSSR count). The van der Waals surface area contributed by atoms with E-state index in [9.17, 15) is 0 Å². The minimum Gasteiger partial charge on any atom is -0.334 e. The maximum atomic E-state index is 2.59. The highest BCUT2D eigenvalue weighted by Crippen LogP contribution is 2.55. The summed E-state index contributed by atoms with van der Waals surface area (Å²) in [5, 5.41) is 12.9. The second-order valence-electron chi connectivity index (χ2n) is 19.3. The van der Waals surface area contributed by atoms with Gasteiger partial charge in [-0.3, -0.25) is 0 Å². The fraction of sp³-hybridized carbons (Fsp3) is 0.0746. The van der Waals surface area contributed by atoms with Crippen molar-refractivity contribution in [1.29, 1.82) is 0 Å². The van der Waals surface area contributed by atoms with E-state index in [1.54, 1.807) is 0 Å².